The maximum Gasteiger partial charge on any atom is 0.452 e. The molecule has 118 valence electrons. The largest absolute Gasteiger partial charge is 0.452 e. The molecule has 0 fully saturated rings. The highest BCUT2D eigenvalue weighted by Crippen LogP contribution is 2.29. The van der Waals surface area contributed by atoms with Gasteiger partial charge in [0, 0.05) is 17.7 Å². The number of rotatable bonds is 4. The van der Waals surface area contributed by atoms with Crippen molar-refractivity contribution in [1.82, 2.24) is 14.8 Å². The first-order valence-corrected chi connectivity index (χ1v) is 6.40. The Morgan fingerprint density at radius 3 is 2.59 bits per heavy atom. The smallest absolute Gasteiger partial charge is 0.364 e. The molecule has 0 amide bonds. The van der Waals surface area contributed by atoms with E-state index in [0.29, 0.717) is 12.0 Å². The van der Waals surface area contributed by atoms with Crippen molar-refractivity contribution in [3.63, 3.8) is 0 Å². The van der Waals surface area contributed by atoms with E-state index in [1.807, 2.05) is 0 Å². The van der Waals surface area contributed by atoms with Crippen LogP contribution < -0.4 is 0 Å². The van der Waals surface area contributed by atoms with Crippen molar-refractivity contribution in [3.8, 4) is 0 Å². The van der Waals surface area contributed by atoms with Crippen LogP contribution in [0.5, 0.6) is 0 Å². The number of hydrogen-bond donors (Lipinski definition) is 2. The molecule has 0 saturated carbocycles. The number of allylic oxidation sites excluding steroid dienone is 3. The molecular formula is C14H14F3N3O2. The zero-order chi connectivity index (χ0) is 16.3. The summed E-state index contributed by atoms with van der Waals surface area (Å²) >= 11 is 0. The first-order valence-electron chi connectivity index (χ1n) is 6.40. The lowest BCUT2D eigenvalue weighted by molar-refractivity contribution is -0.146. The standard InChI is InChI=1S/C14H14F3N3O2/c1-2-11-18-19-13(14(15,16)17)20(11)8-7-9-3-5-10(6-4-9)12(21)22/h2-3,5-9,12,21-22H,1,4H2/b8-7+. The number of nitrogens with zero attached hydrogens (tertiary/aromatic N) is 3. The van der Waals surface area contributed by atoms with Crippen LogP contribution >= 0.6 is 0 Å². The SMILES string of the molecule is C=Cc1nnc(C(F)(F)F)n1/C=C/C1C=CC(C(O)O)=CC1. The van der Waals surface area contributed by atoms with Crippen LogP contribution in [-0.4, -0.2) is 31.3 Å². The van der Waals surface area contributed by atoms with Crippen molar-refractivity contribution in [2.45, 2.75) is 18.9 Å². The number of aliphatic hydroxyl groups excluding tert-OH is 1. The van der Waals surface area contributed by atoms with Gasteiger partial charge in [-0.3, -0.25) is 4.57 Å². The average molecular weight is 313 g/mol. The fourth-order valence-corrected chi connectivity index (χ4v) is 1.97. The Bertz CT molecular complexity index is 642. The number of halogens is 3. The van der Waals surface area contributed by atoms with Crippen LogP contribution in [0.1, 0.15) is 18.1 Å². The minimum absolute atomic E-state index is 0.00891. The molecule has 22 heavy (non-hydrogen) atoms. The number of aliphatic hydroxyl groups is 2. The zero-order valence-electron chi connectivity index (χ0n) is 11.4. The van der Waals surface area contributed by atoms with E-state index >= 15 is 0 Å². The van der Waals surface area contributed by atoms with Crippen molar-refractivity contribution in [2.24, 2.45) is 5.92 Å². The van der Waals surface area contributed by atoms with Gasteiger partial charge in [0.05, 0.1) is 0 Å². The van der Waals surface area contributed by atoms with Crippen LogP contribution in [-0.2, 0) is 6.18 Å². The maximum absolute atomic E-state index is 12.8. The average Bonchev–Trinajstić information content (AvgIpc) is 2.88. The van der Waals surface area contributed by atoms with E-state index in [9.17, 15) is 13.2 Å². The lowest BCUT2D eigenvalue weighted by Gasteiger charge is -2.14. The molecule has 1 aliphatic carbocycles. The molecule has 0 bridgehead atoms. The summed E-state index contributed by atoms with van der Waals surface area (Å²) in [5.41, 5.74) is 0.358. The Labute approximate surface area is 124 Å². The summed E-state index contributed by atoms with van der Waals surface area (Å²) in [4.78, 5) is 0. The van der Waals surface area contributed by atoms with E-state index in [2.05, 4.69) is 16.8 Å². The summed E-state index contributed by atoms with van der Waals surface area (Å²) in [7, 11) is 0. The number of alkyl halides is 3. The maximum atomic E-state index is 12.8. The third kappa shape index (κ3) is 3.52. The van der Waals surface area contributed by atoms with Crippen molar-refractivity contribution >= 4 is 12.3 Å². The van der Waals surface area contributed by atoms with Gasteiger partial charge in [-0.05, 0) is 12.5 Å². The molecule has 1 heterocycles. The van der Waals surface area contributed by atoms with Gasteiger partial charge < -0.3 is 10.2 Å². The fraction of sp³-hybridized carbons (Fsp3) is 0.286. The van der Waals surface area contributed by atoms with Gasteiger partial charge in [-0.25, -0.2) is 0 Å². The van der Waals surface area contributed by atoms with Gasteiger partial charge >= 0.3 is 6.18 Å². The third-order valence-corrected chi connectivity index (χ3v) is 3.10. The molecule has 0 radical (unpaired) electrons. The van der Waals surface area contributed by atoms with E-state index in [1.165, 1.54) is 18.4 Å². The van der Waals surface area contributed by atoms with Crippen molar-refractivity contribution < 1.29 is 23.4 Å². The Balaban J connectivity index is 2.20. The molecule has 2 N–H and O–H groups in total. The molecule has 8 heteroatoms. The van der Waals surface area contributed by atoms with E-state index in [4.69, 9.17) is 10.2 Å². The predicted molar refractivity (Wildman–Crippen MR) is 74.0 cm³/mol. The minimum atomic E-state index is -4.62. The highest BCUT2D eigenvalue weighted by molar-refractivity contribution is 5.44. The van der Waals surface area contributed by atoms with E-state index < -0.39 is 18.3 Å². The highest BCUT2D eigenvalue weighted by atomic mass is 19.4. The minimum Gasteiger partial charge on any atom is -0.364 e. The summed E-state index contributed by atoms with van der Waals surface area (Å²) in [5.74, 6) is -1.30. The first kappa shape index (κ1) is 16.2. The van der Waals surface area contributed by atoms with Crippen LogP contribution in [0.3, 0.4) is 0 Å². The molecule has 0 aromatic carbocycles. The summed E-state index contributed by atoms with van der Waals surface area (Å²) in [6, 6.07) is 0. The Morgan fingerprint density at radius 2 is 2.09 bits per heavy atom. The quantitative estimate of drug-likeness (QED) is 0.836. The molecule has 0 aliphatic heterocycles. The fourth-order valence-electron chi connectivity index (χ4n) is 1.97. The zero-order valence-corrected chi connectivity index (χ0v) is 11.4. The molecule has 1 unspecified atom stereocenters. The predicted octanol–water partition coefficient (Wildman–Crippen LogP) is 2.22. The van der Waals surface area contributed by atoms with E-state index in [0.717, 1.165) is 4.57 Å². The van der Waals surface area contributed by atoms with Crippen LogP contribution in [0, 0.1) is 5.92 Å². The van der Waals surface area contributed by atoms with Crippen LogP contribution in [0.15, 0.2) is 36.5 Å². The molecule has 1 aromatic heterocycles. The van der Waals surface area contributed by atoms with Gasteiger partial charge in [0.25, 0.3) is 0 Å². The Hall–Kier alpha value is -2.19. The van der Waals surface area contributed by atoms with Gasteiger partial charge in [-0.1, -0.05) is 30.9 Å². The van der Waals surface area contributed by atoms with E-state index in [1.54, 1.807) is 18.2 Å². The Morgan fingerprint density at radius 1 is 1.36 bits per heavy atom. The molecular weight excluding hydrogens is 299 g/mol. The van der Waals surface area contributed by atoms with Crippen LogP contribution in [0.2, 0.25) is 0 Å². The normalized spacial score (nSPS) is 19.0. The van der Waals surface area contributed by atoms with Crippen LogP contribution in [0.4, 0.5) is 13.2 Å². The Kier molecular flexibility index (Phi) is 4.62. The molecule has 0 saturated heterocycles. The second-order valence-electron chi connectivity index (χ2n) is 4.63. The molecule has 5 nitrogen and oxygen atoms in total. The van der Waals surface area contributed by atoms with Gasteiger partial charge in [-0.15, -0.1) is 10.2 Å². The number of hydrogen-bond acceptors (Lipinski definition) is 4. The summed E-state index contributed by atoms with van der Waals surface area (Å²) in [6.07, 6.45) is 3.08. The van der Waals surface area contributed by atoms with Crippen molar-refractivity contribution in [2.75, 3.05) is 0 Å². The van der Waals surface area contributed by atoms with Gasteiger partial charge in [0.1, 0.15) is 0 Å². The topological polar surface area (TPSA) is 71.2 Å². The van der Waals surface area contributed by atoms with Crippen molar-refractivity contribution in [1.29, 1.82) is 0 Å². The van der Waals surface area contributed by atoms with Gasteiger partial charge in [0.2, 0.25) is 5.82 Å². The lowest BCUT2D eigenvalue weighted by Crippen LogP contribution is -2.13. The van der Waals surface area contributed by atoms with E-state index in [-0.39, 0.29) is 11.7 Å². The summed E-state index contributed by atoms with van der Waals surface area (Å²) < 4.78 is 39.3. The summed E-state index contributed by atoms with van der Waals surface area (Å²) in [5, 5.41) is 24.6. The molecule has 2 rings (SSSR count). The van der Waals surface area contributed by atoms with Gasteiger partial charge in [-0.2, -0.15) is 13.2 Å². The third-order valence-electron chi connectivity index (χ3n) is 3.10. The molecule has 0 spiro atoms. The summed E-state index contributed by atoms with van der Waals surface area (Å²) in [6.45, 7) is 3.41. The highest BCUT2D eigenvalue weighted by Gasteiger charge is 2.37. The van der Waals surface area contributed by atoms with Gasteiger partial charge in [0.15, 0.2) is 12.1 Å². The second kappa shape index (κ2) is 6.29. The molecule has 1 atom stereocenters. The second-order valence-corrected chi connectivity index (χ2v) is 4.63. The van der Waals surface area contributed by atoms with Crippen LogP contribution in [0.25, 0.3) is 12.3 Å². The number of aromatic nitrogens is 3. The monoisotopic (exact) mass is 313 g/mol. The lowest BCUT2D eigenvalue weighted by atomic mass is 9.96. The van der Waals surface area contributed by atoms with Crippen molar-refractivity contribution in [3.05, 3.63) is 48.1 Å². The molecule has 1 aromatic rings. The molecule has 1 aliphatic rings. The first-order chi connectivity index (χ1) is 10.3.